The molecule has 20 heavy (non-hydrogen) atoms. The number of ketones is 1. The fourth-order valence-corrected chi connectivity index (χ4v) is 3.45. The van der Waals surface area contributed by atoms with Gasteiger partial charge in [0.15, 0.2) is 5.78 Å². The van der Waals surface area contributed by atoms with Crippen molar-refractivity contribution in [3.63, 3.8) is 0 Å². The number of rotatable bonds is 4. The van der Waals surface area contributed by atoms with Gasteiger partial charge < -0.3 is 0 Å². The van der Waals surface area contributed by atoms with Gasteiger partial charge in [-0.2, -0.15) is 0 Å². The Kier molecular flexibility index (Phi) is 3.93. The van der Waals surface area contributed by atoms with Crippen LogP contribution in [0.3, 0.4) is 0 Å². The minimum absolute atomic E-state index is 0.256. The first-order valence-electron chi connectivity index (χ1n) is 7.17. The van der Waals surface area contributed by atoms with Crippen molar-refractivity contribution in [2.45, 2.75) is 31.1 Å². The van der Waals surface area contributed by atoms with Gasteiger partial charge >= 0.3 is 0 Å². The monoisotopic (exact) mass is 282 g/mol. The van der Waals surface area contributed by atoms with Crippen LogP contribution in [-0.4, -0.2) is 11.5 Å². The number of hydrogen-bond donors (Lipinski definition) is 0. The third-order valence-electron chi connectivity index (χ3n) is 3.75. The van der Waals surface area contributed by atoms with Crippen LogP contribution in [0, 0.1) is 0 Å². The Morgan fingerprint density at radius 3 is 2.55 bits per heavy atom. The molecule has 2 aromatic carbocycles. The van der Waals surface area contributed by atoms with E-state index in [1.807, 2.05) is 6.07 Å². The van der Waals surface area contributed by atoms with Crippen molar-refractivity contribution in [2.75, 3.05) is 5.75 Å². The summed E-state index contributed by atoms with van der Waals surface area (Å²) in [6.45, 7) is 2.22. The van der Waals surface area contributed by atoms with Gasteiger partial charge in [0.25, 0.3) is 0 Å². The summed E-state index contributed by atoms with van der Waals surface area (Å²) >= 11 is 1.64. The second kappa shape index (κ2) is 5.84. The Morgan fingerprint density at radius 2 is 1.80 bits per heavy atom. The predicted molar refractivity (Wildman–Crippen MR) is 85.5 cm³/mol. The van der Waals surface area contributed by atoms with E-state index in [0.717, 1.165) is 22.4 Å². The number of unbranched alkanes of at least 4 members (excludes halogenated alkanes) is 1. The average Bonchev–Trinajstić information content (AvgIpc) is 2.87. The highest BCUT2D eigenvalue weighted by atomic mass is 32.2. The van der Waals surface area contributed by atoms with Crippen LogP contribution in [0.2, 0.25) is 0 Å². The number of carbonyl (C=O) groups excluding carboxylic acids is 1. The lowest BCUT2D eigenvalue weighted by atomic mass is 9.99. The van der Waals surface area contributed by atoms with Crippen molar-refractivity contribution in [2.24, 2.45) is 0 Å². The van der Waals surface area contributed by atoms with Crippen molar-refractivity contribution in [3.05, 3.63) is 53.6 Å². The van der Waals surface area contributed by atoms with Crippen LogP contribution >= 0.6 is 11.8 Å². The van der Waals surface area contributed by atoms with Gasteiger partial charge in [-0.25, -0.2) is 0 Å². The summed E-state index contributed by atoms with van der Waals surface area (Å²) in [5, 5.41) is 0. The number of fused-ring (bicyclic) bond motifs is 1. The van der Waals surface area contributed by atoms with Gasteiger partial charge in [0, 0.05) is 10.5 Å². The number of benzene rings is 2. The molecule has 0 saturated heterocycles. The van der Waals surface area contributed by atoms with Gasteiger partial charge in [-0.3, -0.25) is 4.79 Å². The Bertz CT molecular complexity index is 628. The first-order valence-corrected chi connectivity index (χ1v) is 8.16. The van der Waals surface area contributed by atoms with E-state index in [9.17, 15) is 4.79 Å². The van der Waals surface area contributed by atoms with Crippen molar-refractivity contribution in [1.29, 1.82) is 0 Å². The van der Waals surface area contributed by atoms with Crippen LogP contribution in [0.5, 0.6) is 0 Å². The van der Waals surface area contributed by atoms with Gasteiger partial charge in [0.1, 0.15) is 0 Å². The first-order chi connectivity index (χ1) is 9.78. The van der Waals surface area contributed by atoms with E-state index in [2.05, 4.69) is 43.3 Å². The van der Waals surface area contributed by atoms with Crippen LogP contribution in [0.15, 0.2) is 47.4 Å². The largest absolute Gasteiger partial charge is 0.293 e. The molecule has 0 spiro atoms. The van der Waals surface area contributed by atoms with E-state index in [1.165, 1.54) is 24.0 Å². The molecule has 0 unspecified atom stereocenters. The molecule has 0 aliphatic carbocycles. The molecule has 3 rings (SSSR count). The van der Waals surface area contributed by atoms with E-state index in [1.54, 1.807) is 11.8 Å². The summed E-state index contributed by atoms with van der Waals surface area (Å²) in [5.74, 6) is 0.848. The fraction of sp³-hybridized carbons (Fsp3) is 0.278. The Labute approximate surface area is 124 Å². The molecule has 0 fully saturated rings. The van der Waals surface area contributed by atoms with Crippen LogP contribution in [0.4, 0.5) is 0 Å². The summed E-state index contributed by atoms with van der Waals surface area (Å²) < 4.78 is 0. The van der Waals surface area contributed by atoms with E-state index in [4.69, 9.17) is 0 Å². The van der Waals surface area contributed by atoms with Crippen LogP contribution in [-0.2, 0) is 6.42 Å². The van der Waals surface area contributed by atoms with Gasteiger partial charge in [-0.05, 0) is 41.7 Å². The second-order valence-corrected chi connectivity index (χ2v) is 6.24. The normalized spacial score (nSPS) is 13.6. The van der Waals surface area contributed by atoms with Gasteiger partial charge in [0.2, 0.25) is 0 Å². The minimum atomic E-state index is 0.256. The topological polar surface area (TPSA) is 17.1 Å². The van der Waals surface area contributed by atoms with Crippen molar-refractivity contribution >= 4 is 17.5 Å². The molecule has 1 heterocycles. The molecular weight excluding hydrogens is 264 g/mol. The molecular formula is C18H18OS. The molecule has 2 aromatic rings. The standard InChI is InChI=1S/C18H18OS/c1-2-3-4-13-5-7-14(8-6-13)15-9-10-18-16(11-15)17(19)12-20-18/h5-11H,2-4,12H2,1H3. The minimum Gasteiger partial charge on any atom is -0.293 e. The zero-order valence-electron chi connectivity index (χ0n) is 11.7. The molecule has 1 aliphatic rings. The smallest absolute Gasteiger partial charge is 0.174 e. The lowest BCUT2D eigenvalue weighted by Crippen LogP contribution is -1.95. The molecule has 102 valence electrons. The molecule has 0 saturated carbocycles. The lowest BCUT2D eigenvalue weighted by Gasteiger charge is -2.06. The van der Waals surface area contributed by atoms with E-state index >= 15 is 0 Å². The molecule has 1 nitrogen and oxygen atoms in total. The fourth-order valence-electron chi connectivity index (χ4n) is 2.52. The average molecular weight is 282 g/mol. The molecule has 0 aromatic heterocycles. The van der Waals surface area contributed by atoms with Crippen molar-refractivity contribution in [3.8, 4) is 11.1 Å². The molecule has 0 N–H and O–H groups in total. The number of aryl methyl sites for hydroxylation is 1. The van der Waals surface area contributed by atoms with Crippen molar-refractivity contribution in [1.82, 2.24) is 0 Å². The zero-order chi connectivity index (χ0) is 13.9. The Morgan fingerprint density at radius 1 is 1.05 bits per heavy atom. The highest BCUT2D eigenvalue weighted by molar-refractivity contribution is 8.00. The van der Waals surface area contributed by atoms with E-state index < -0.39 is 0 Å². The molecule has 0 bridgehead atoms. The van der Waals surface area contributed by atoms with Crippen molar-refractivity contribution < 1.29 is 4.79 Å². The second-order valence-electron chi connectivity index (χ2n) is 5.22. The summed E-state index contributed by atoms with van der Waals surface area (Å²) in [6.07, 6.45) is 3.62. The third-order valence-corrected chi connectivity index (χ3v) is 4.82. The SMILES string of the molecule is CCCCc1ccc(-c2ccc3c(c2)C(=O)CS3)cc1. The van der Waals surface area contributed by atoms with Gasteiger partial charge in [-0.15, -0.1) is 11.8 Å². The Balaban J connectivity index is 1.86. The van der Waals surface area contributed by atoms with Gasteiger partial charge in [0.05, 0.1) is 5.75 Å². The molecule has 0 atom stereocenters. The zero-order valence-corrected chi connectivity index (χ0v) is 12.5. The molecule has 2 heteroatoms. The molecule has 0 radical (unpaired) electrons. The quantitative estimate of drug-likeness (QED) is 0.786. The molecule has 0 amide bonds. The van der Waals surface area contributed by atoms with Crippen LogP contribution < -0.4 is 0 Å². The highest BCUT2D eigenvalue weighted by Crippen LogP contribution is 2.34. The summed E-state index contributed by atoms with van der Waals surface area (Å²) in [4.78, 5) is 12.9. The Hall–Kier alpha value is -1.54. The number of Topliss-reactive ketones (excluding diaryl/α,β-unsaturated/α-hetero) is 1. The number of carbonyl (C=O) groups is 1. The number of thioether (sulfide) groups is 1. The summed E-state index contributed by atoms with van der Waals surface area (Å²) in [5.41, 5.74) is 4.62. The lowest BCUT2D eigenvalue weighted by molar-refractivity contribution is 0.102. The number of hydrogen-bond acceptors (Lipinski definition) is 2. The van der Waals surface area contributed by atoms with Gasteiger partial charge in [-0.1, -0.05) is 43.7 Å². The first kappa shape index (κ1) is 13.4. The van der Waals surface area contributed by atoms with E-state index in [-0.39, 0.29) is 5.78 Å². The maximum Gasteiger partial charge on any atom is 0.174 e. The highest BCUT2D eigenvalue weighted by Gasteiger charge is 2.20. The van der Waals surface area contributed by atoms with Crippen LogP contribution in [0.25, 0.3) is 11.1 Å². The van der Waals surface area contributed by atoms with E-state index in [0.29, 0.717) is 5.75 Å². The molecule has 1 aliphatic heterocycles. The third kappa shape index (κ3) is 2.66. The predicted octanol–water partition coefficient (Wildman–Crippen LogP) is 4.98. The summed E-state index contributed by atoms with van der Waals surface area (Å²) in [6, 6.07) is 15.0. The van der Waals surface area contributed by atoms with Crippen LogP contribution in [0.1, 0.15) is 35.7 Å². The maximum atomic E-state index is 11.8. The summed E-state index contributed by atoms with van der Waals surface area (Å²) in [7, 11) is 0. The maximum absolute atomic E-state index is 11.8.